The Bertz CT molecular complexity index is 1720. The standard InChI is InChI=1S/C30H22ClN5O3/c1-39-24-15-11-19(12-16-24)27-18-28(21-5-4-6-23(17-21)36(37)38)35(34-27)30-32-26-8-3-2-7-25(26)29(33-30)20-9-13-22(31)14-10-20/h2-17,28H,18H2,1H3/t28-/m1/s1. The third-order valence-corrected chi connectivity index (χ3v) is 6.97. The summed E-state index contributed by atoms with van der Waals surface area (Å²) in [7, 11) is 1.62. The summed E-state index contributed by atoms with van der Waals surface area (Å²) in [4.78, 5) is 21.0. The van der Waals surface area contributed by atoms with E-state index in [4.69, 9.17) is 31.4 Å². The maximum Gasteiger partial charge on any atom is 0.269 e. The van der Waals surface area contributed by atoms with Crippen LogP contribution in [0.2, 0.25) is 5.02 Å². The number of benzene rings is 4. The van der Waals surface area contributed by atoms with Gasteiger partial charge < -0.3 is 4.74 Å². The van der Waals surface area contributed by atoms with Crippen molar-refractivity contribution in [2.75, 3.05) is 12.1 Å². The SMILES string of the molecule is COc1ccc(C2=NN(c3nc(-c4ccc(Cl)cc4)c4ccccc4n3)[C@@H](c3cccc([N+](=O)[O-])c3)C2)cc1. The number of aromatic nitrogens is 2. The number of non-ortho nitro benzene ring substituents is 1. The molecule has 0 fully saturated rings. The van der Waals surface area contributed by atoms with Crippen LogP contribution in [-0.2, 0) is 0 Å². The van der Waals surface area contributed by atoms with Gasteiger partial charge in [-0.05, 0) is 53.6 Å². The summed E-state index contributed by atoms with van der Waals surface area (Å²) in [5.41, 5.74) is 4.92. The Morgan fingerprint density at radius 1 is 0.923 bits per heavy atom. The van der Waals surface area contributed by atoms with Gasteiger partial charge in [0.25, 0.3) is 5.69 Å². The molecule has 39 heavy (non-hydrogen) atoms. The van der Waals surface area contributed by atoms with Crippen LogP contribution in [0.4, 0.5) is 11.6 Å². The van der Waals surface area contributed by atoms with E-state index in [1.54, 1.807) is 24.3 Å². The van der Waals surface area contributed by atoms with E-state index in [0.29, 0.717) is 17.4 Å². The lowest BCUT2D eigenvalue weighted by Gasteiger charge is -2.23. The van der Waals surface area contributed by atoms with Crippen LogP contribution in [0.15, 0.2) is 102 Å². The molecule has 0 saturated carbocycles. The average Bonchev–Trinajstić information content (AvgIpc) is 3.43. The molecule has 1 aliphatic rings. The minimum absolute atomic E-state index is 0.0200. The molecule has 0 spiro atoms. The lowest BCUT2D eigenvalue weighted by atomic mass is 9.98. The van der Waals surface area contributed by atoms with Gasteiger partial charge in [-0.1, -0.05) is 54.1 Å². The van der Waals surface area contributed by atoms with Crippen molar-refractivity contribution in [3.8, 4) is 17.0 Å². The molecule has 9 heteroatoms. The number of nitrogens with zero attached hydrogens (tertiary/aromatic N) is 5. The summed E-state index contributed by atoms with van der Waals surface area (Å²) in [5.74, 6) is 1.15. The fourth-order valence-corrected chi connectivity index (χ4v) is 4.88. The summed E-state index contributed by atoms with van der Waals surface area (Å²) < 4.78 is 5.31. The van der Waals surface area contributed by atoms with E-state index in [1.165, 1.54) is 6.07 Å². The van der Waals surface area contributed by atoms with Crippen LogP contribution in [0.1, 0.15) is 23.6 Å². The molecule has 5 aromatic rings. The van der Waals surface area contributed by atoms with Gasteiger partial charge in [-0.3, -0.25) is 10.1 Å². The Hall–Kier alpha value is -4.82. The minimum Gasteiger partial charge on any atom is -0.497 e. The second-order valence-electron chi connectivity index (χ2n) is 9.09. The van der Waals surface area contributed by atoms with Gasteiger partial charge in [0.05, 0.1) is 35.0 Å². The summed E-state index contributed by atoms with van der Waals surface area (Å²) in [6.07, 6.45) is 0.514. The van der Waals surface area contributed by atoms with E-state index in [9.17, 15) is 10.1 Å². The molecule has 0 N–H and O–H groups in total. The predicted molar refractivity (Wildman–Crippen MR) is 152 cm³/mol. The number of hydrazone groups is 1. The van der Waals surface area contributed by atoms with Crippen LogP contribution in [0.25, 0.3) is 22.2 Å². The van der Waals surface area contributed by atoms with Crippen molar-refractivity contribution in [2.45, 2.75) is 12.5 Å². The molecular formula is C30H22ClN5O3. The minimum atomic E-state index is -0.390. The third kappa shape index (κ3) is 4.78. The van der Waals surface area contributed by atoms with Crippen molar-refractivity contribution in [2.24, 2.45) is 5.10 Å². The molecule has 0 radical (unpaired) electrons. The first-order chi connectivity index (χ1) is 19.0. The molecule has 1 aromatic heterocycles. The number of nitro benzene ring substituents is 1. The first-order valence-corrected chi connectivity index (χ1v) is 12.7. The van der Waals surface area contributed by atoms with Crippen molar-refractivity contribution < 1.29 is 9.66 Å². The van der Waals surface area contributed by atoms with Crippen molar-refractivity contribution >= 4 is 39.9 Å². The lowest BCUT2D eigenvalue weighted by molar-refractivity contribution is -0.384. The molecule has 1 atom stereocenters. The van der Waals surface area contributed by atoms with Gasteiger partial charge in [-0.2, -0.15) is 5.10 Å². The van der Waals surface area contributed by atoms with Crippen LogP contribution in [-0.4, -0.2) is 27.7 Å². The van der Waals surface area contributed by atoms with E-state index < -0.39 is 0 Å². The first kappa shape index (κ1) is 24.5. The largest absolute Gasteiger partial charge is 0.497 e. The van der Waals surface area contributed by atoms with Crippen molar-refractivity contribution in [1.82, 2.24) is 9.97 Å². The van der Waals surface area contributed by atoms with E-state index in [0.717, 1.165) is 44.7 Å². The quantitative estimate of drug-likeness (QED) is 0.168. The smallest absolute Gasteiger partial charge is 0.269 e. The highest BCUT2D eigenvalue weighted by Gasteiger charge is 2.33. The monoisotopic (exact) mass is 535 g/mol. The maximum absolute atomic E-state index is 11.6. The highest BCUT2D eigenvalue weighted by Crippen LogP contribution is 2.38. The van der Waals surface area contributed by atoms with Gasteiger partial charge >= 0.3 is 0 Å². The number of nitro groups is 1. The number of methoxy groups -OCH3 is 1. The Balaban J connectivity index is 1.51. The van der Waals surface area contributed by atoms with Gasteiger partial charge in [-0.25, -0.2) is 15.0 Å². The van der Waals surface area contributed by atoms with Gasteiger partial charge in [0, 0.05) is 34.5 Å². The number of hydrogen-bond acceptors (Lipinski definition) is 7. The number of fused-ring (bicyclic) bond motifs is 1. The summed E-state index contributed by atoms with van der Waals surface area (Å²) in [5, 5.41) is 19.8. The zero-order valence-electron chi connectivity index (χ0n) is 20.9. The molecule has 1 aliphatic heterocycles. The van der Waals surface area contributed by atoms with Crippen molar-refractivity contribution in [3.63, 3.8) is 0 Å². The molecule has 0 aliphatic carbocycles. The molecule has 8 nitrogen and oxygen atoms in total. The summed E-state index contributed by atoms with van der Waals surface area (Å²) >= 11 is 6.15. The fraction of sp³-hybridized carbons (Fsp3) is 0.100. The lowest BCUT2D eigenvalue weighted by Crippen LogP contribution is -2.21. The molecular weight excluding hydrogens is 514 g/mol. The van der Waals surface area contributed by atoms with E-state index in [1.807, 2.05) is 78.9 Å². The molecule has 2 heterocycles. The topological polar surface area (TPSA) is 93.8 Å². The molecule has 6 rings (SSSR count). The number of para-hydroxylation sites is 1. The number of hydrogen-bond donors (Lipinski definition) is 0. The first-order valence-electron chi connectivity index (χ1n) is 12.3. The number of rotatable bonds is 6. The fourth-order valence-electron chi connectivity index (χ4n) is 4.75. The Morgan fingerprint density at radius 3 is 2.41 bits per heavy atom. The van der Waals surface area contributed by atoms with Crippen LogP contribution in [0.3, 0.4) is 0 Å². The predicted octanol–water partition coefficient (Wildman–Crippen LogP) is 7.22. The van der Waals surface area contributed by atoms with Crippen molar-refractivity contribution in [3.05, 3.63) is 123 Å². The average molecular weight is 536 g/mol. The molecule has 0 bridgehead atoms. The van der Waals surface area contributed by atoms with E-state index >= 15 is 0 Å². The van der Waals surface area contributed by atoms with Crippen LogP contribution < -0.4 is 9.75 Å². The number of halogens is 1. The van der Waals surface area contributed by atoms with Gasteiger partial charge in [0.15, 0.2) is 0 Å². The highest BCUT2D eigenvalue weighted by molar-refractivity contribution is 6.30. The van der Waals surface area contributed by atoms with Gasteiger partial charge in [0.2, 0.25) is 5.95 Å². The molecule has 4 aromatic carbocycles. The normalized spacial score (nSPS) is 14.9. The highest BCUT2D eigenvalue weighted by atomic mass is 35.5. The van der Waals surface area contributed by atoms with E-state index in [-0.39, 0.29) is 16.7 Å². The summed E-state index contributed by atoms with van der Waals surface area (Å²) in [6.45, 7) is 0. The zero-order chi connectivity index (χ0) is 26.9. The second kappa shape index (κ2) is 10.2. The Labute approximate surface area is 229 Å². The van der Waals surface area contributed by atoms with Gasteiger partial charge in [0.1, 0.15) is 5.75 Å². The Kier molecular flexibility index (Phi) is 6.38. The van der Waals surface area contributed by atoms with Gasteiger partial charge in [-0.15, -0.1) is 0 Å². The molecule has 0 amide bonds. The number of ether oxygens (including phenoxy) is 1. The van der Waals surface area contributed by atoms with Crippen LogP contribution >= 0.6 is 11.6 Å². The number of anilines is 1. The van der Waals surface area contributed by atoms with Crippen molar-refractivity contribution in [1.29, 1.82) is 0 Å². The van der Waals surface area contributed by atoms with E-state index in [2.05, 4.69) is 0 Å². The second-order valence-corrected chi connectivity index (χ2v) is 9.52. The summed E-state index contributed by atoms with van der Waals surface area (Å²) in [6, 6.07) is 29.3. The van der Waals surface area contributed by atoms with Crippen LogP contribution in [0.5, 0.6) is 5.75 Å². The Morgan fingerprint density at radius 2 is 1.67 bits per heavy atom. The maximum atomic E-state index is 11.6. The zero-order valence-corrected chi connectivity index (χ0v) is 21.6. The molecule has 0 unspecified atom stereocenters. The third-order valence-electron chi connectivity index (χ3n) is 6.71. The molecule has 192 valence electrons. The molecule has 0 saturated heterocycles. The van der Waals surface area contributed by atoms with Crippen LogP contribution in [0, 0.1) is 10.1 Å².